The van der Waals surface area contributed by atoms with Gasteiger partial charge in [-0.1, -0.05) is 6.42 Å². The summed E-state index contributed by atoms with van der Waals surface area (Å²) in [5.41, 5.74) is 0.0766. The molecule has 2 saturated heterocycles. The summed E-state index contributed by atoms with van der Waals surface area (Å²) < 4.78 is 6.03. The van der Waals surface area contributed by atoms with Crippen molar-refractivity contribution < 1.29 is 9.53 Å². The van der Waals surface area contributed by atoms with Crippen LogP contribution in [0.25, 0.3) is 0 Å². The number of fused-ring (bicyclic) bond motifs is 1. The zero-order valence-corrected chi connectivity index (χ0v) is 11.7. The van der Waals surface area contributed by atoms with Crippen LogP contribution in [0.3, 0.4) is 0 Å². The number of hydrogen-bond donors (Lipinski definition) is 0. The van der Waals surface area contributed by atoms with Gasteiger partial charge >= 0.3 is 0 Å². The lowest BCUT2D eigenvalue weighted by molar-refractivity contribution is -0.136. The molecule has 2 heterocycles. The largest absolute Gasteiger partial charge is 0.374 e. The Morgan fingerprint density at radius 3 is 2.78 bits per heavy atom. The molecule has 2 aliphatic carbocycles. The van der Waals surface area contributed by atoms with Crippen LogP contribution in [0.15, 0.2) is 0 Å². The zero-order valence-electron chi connectivity index (χ0n) is 10.9. The summed E-state index contributed by atoms with van der Waals surface area (Å²) in [6, 6.07) is 0. The molecule has 0 radical (unpaired) electrons. The number of carbonyl (C=O) groups is 1. The normalized spacial score (nSPS) is 50.4. The van der Waals surface area contributed by atoms with Crippen molar-refractivity contribution in [3.8, 4) is 0 Å². The molecule has 4 fully saturated rings. The Hall–Kier alpha value is -0.0200. The number of hydrogen-bond acceptors (Lipinski definition) is 3. The van der Waals surface area contributed by atoms with E-state index in [-0.39, 0.29) is 5.60 Å². The Balaban J connectivity index is 1.43. The van der Waals surface area contributed by atoms with Crippen molar-refractivity contribution in [2.75, 3.05) is 18.1 Å². The van der Waals surface area contributed by atoms with Crippen LogP contribution < -0.4 is 0 Å². The SMILES string of the molecule is O=C(C1CCOC2(CCSC2)C1)C1C2CCCC21. The molecule has 4 rings (SSSR count). The Labute approximate surface area is 113 Å². The molecule has 0 bridgehead atoms. The van der Waals surface area contributed by atoms with Crippen molar-refractivity contribution in [3.63, 3.8) is 0 Å². The standard InChI is InChI=1S/C15H22O2S/c16-14(13-11-2-1-3-12(11)13)10-4-6-17-15(8-10)5-7-18-9-15/h10-13H,1-9H2. The smallest absolute Gasteiger partial charge is 0.139 e. The maximum atomic E-state index is 12.7. The number of ether oxygens (including phenoxy) is 1. The first-order valence-corrected chi connectivity index (χ1v) is 8.70. The Bertz CT molecular complexity index is 352. The van der Waals surface area contributed by atoms with Gasteiger partial charge in [-0.2, -0.15) is 11.8 Å². The number of ketones is 1. The lowest BCUT2D eigenvalue weighted by Crippen LogP contribution is -2.42. The van der Waals surface area contributed by atoms with Crippen LogP contribution in [0.1, 0.15) is 38.5 Å². The van der Waals surface area contributed by atoms with Crippen molar-refractivity contribution in [1.82, 2.24) is 0 Å². The van der Waals surface area contributed by atoms with Gasteiger partial charge < -0.3 is 4.74 Å². The average Bonchev–Trinajstić information content (AvgIpc) is 2.78. The van der Waals surface area contributed by atoms with Crippen molar-refractivity contribution >= 4 is 17.5 Å². The van der Waals surface area contributed by atoms with E-state index in [0.29, 0.717) is 17.6 Å². The molecule has 3 heteroatoms. The summed E-state index contributed by atoms with van der Waals surface area (Å²) in [5, 5.41) is 0. The van der Waals surface area contributed by atoms with Gasteiger partial charge in [-0.05, 0) is 49.7 Å². The zero-order chi connectivity index (χ0) is 12.2. The van der Waals surface area contributed by atoms with Crippen molar-refractivity contribution in [2.45, 2.75) is 44.1 Å². The summed E-state index contributed by atoms with van der Waals surface area (Å²) in [7, 11) is 0. The lowest BCUT2D eigenvalue weighted by Gasteiger charge is -2.37. The second-order valence-electron chi connectivity index (χ2n) is 6.71. The number of carbonyl (C=O) groups excluding carboxylic acids is 1. The highest BCUT2D eigenvalue weighted by molar-refractivity contribution is 7.99. The van der Waals surface area contributed by atoms with E-state index in [2.05, 4.69) is 0 Å². The summed E-state index contributed by atoms with van der Waals surface area (Å²) in [6.45, 7) is 0.818. The third-order valence-corrected chi connectivity index (χ3v) is 6.92. The van der Waals surface area contributed by atoms with Gasteiger partial charge in [0, 0.05) is 24.2 Å². The predicted molar refractivity (Wildman–Crippen MR) is 72.7 cm³/mol. The van der Waals surface area contributed by atoms with Crippen LogP contribution in [0.4, 0.5) is 0 Å². The van der Waals surface area contributed by atoms with Crippen LogP contribution in [0, 0.1) is 23.7 Å². The Morgan fingerprint density at radius 1 is 1.22 bits per heavy atom. The molecule has 1 spiro atoms. The molecule has 0 aromatic carbocycles. The van der Waals surface area contributed by atoms with Crippen molar-refractivity contribution in [3.05, 3.63) is 0 Å². The summed E-state index contributed by atoms with van der Waals surface area (Å²) in [4.78, 5) is 12.7. The second-order valence-corrected chi connectivity index (χ2v) is 7.82. The van der Waals surface area contributed by atoms with E-state index in [4.69, 9.17) is 4.74 Å². The third kappa shape index (κ3) is 1.77. The molecule has 100 valence electrons. The fourth-order valence-corrected chi connectivity index (χ4v) is 6.03. The monoisotopic (exact) mass is 266 g/mol. The van der Waals surface area contributed by atoms with Gasteiger partial charge in [0.05, 0.1) is 5.60 Å². The van der Waals surface area contributed by atoms with Crippen LogP contribution in [0.2, 0.25) is 0 Å². The molecule has 2 nitrogen and oxygen atoms in total. The third-order valence-electron chi connectivity index (χ3n) is 5.70. The minimum Gasteiger partial charge on any atom is -0.374 e. The molecule has 0 aromatic heterocycles. The van der Waals surface area contributed by atoms with Crippen LogP contribution in [-0.4, -0.2) is 29.5 Å². The summed E-state index contributed by atoms with van der Waals surface area (Å²) in [5.74, 6) is 5.32. The van der Waals surface area contributed by atoms with E-state index in [1.807, 2.05) is 11.8 Å². The topological polar surface area (TPSA) is 26.3 Å². The minimum atomic E-state index is 0.0766. The highest BCUT2D eigenvalue weighted by atomic mass is 32.2. The average molecular weight is 266 g/mol. The van der Waals surface area contributed by atoms with Crippen LogP contribution in [-0.2, 0) is 9.53 Å². The first-order chi connectivity index (χ1) is 8.79. The second kappa shape index (κ2) is 4.24. The predicted octanol–water partition coefficient (Wildman–Crippen LogP) is 2.90. The van der Waals surface area contributed by atoms with Gasteiger partial charge in [0.25, 0.3) is 0 Å². The fraction of sp³-hybridized carbons (Fsp3) is 0.933. The van der Waals surface area contributed by atoms with Crippen LogP contribution in [0.5, 0.6) is 0 Å². The Kier molecular flexibility index (Phi) is 2.77. The highest BCUT2D eigenvalue weighted by Crippen LogP contribution is 2.59. The molecule has 4 unspecified atom stereocenters. The molecular weight excluding hydrogens is 244 g/mol. The first-order valence-electron chi connectivity index (χ1n) is 7.55. The van der Waals surface area contributed by atoms with Gasteiger partial charge in [-0.15, -0.1) is 0 Å². The maximum absolute atomic E-state index is 12.7. The van der Waals surface area contributed by atoms with Crippen molar-refractivity contribution in [2.24, 2.45) is 23.7 Å². The Morgan fingerprint density at radius 2 is 2.06 bits per heavy atom. The van der Waals surface area contributed by atoms with Gasteiger partial charge in [-0.3, -0.25) is 4.79 Å². The van der Waals surface area contributed by atoms with E-state index >= 15 is 0 Å². The molecule has 4 atom stereocenters. The molecule has 18 heavy (non-hydrogen) atoms. The van der Waals surface area contributed by atoms with E-state index in [1.54, 1.807) is 0 Å². The van der Waals surface area contributed by atoms with Gasteiger partial charge in [0.15, 0.2) is 0 Å². The molecule has 2 saturated carbocycles. The molecule has 0 aromatic rings. The number of thioether (sulfide) groups is 1. The van der Waals surface area contributed by atoms with Gasteiger partial charge in [-0.25, -0.2) is 0 Å². The highest BCUT2D eigenvalue weighted by Gasteiger charge is 2.58. The van der Waals surface area contributed by atoms with Crippen LogP contribution >= 0.6 is 11.8 Å². The molecule has 2 aliphatic heterocycles. The van der Waals surface area contributed by atoms with Gasteiger partial charge in [0.1, 0.15) is 5.78 Å². The lowest BCUT2D eigenvalue weighted by atomic mass is 9.81. The van der Waals surface area contributed by atoms with E-state index in [9.17, 15) is 4.79 Å². The number of rotatable bonds is 2. The molecular formula is C15H22O2S. The fourth-order valence-electron chi connectivity index (χ4n) is 4.65. The quantitative estimate of drug-likeness (QED) is 0.769. The van der Waals surface area contributed by atoms with E-state index in [0.717, 1.165) is 37.0 Å². The minimum absolute atomic E-state index is 0.0766. The molecule has 4 aliphatic rings. The maximum Gasteiger partial charge on any atom is 0.139 e. The number of Topliss-reactive ketones (excluding diaryl/α,β-unsaturated/α-hetero) is 1. The van der Waals surface area contributed by atoms with Crippen molar-refractivity contribution in [1.29, 1.82) is 0 Å². The van der Waals surface area contributed by atoms with E-state index < -0.39 is 0 Å². The first kappa shape index (κ1) is 11.8. The molecule has 0 N–H and O–H groups in total. The van der Waals surface area contributed by atoms with E-state index in [1.165, 1.54) is 31.4 Å². The van der Waals surface area contributed by atoms with Gasteiger partial charge in [0.2, 0.25) is 0 Å². The molecule has 0 amide bonds. The summed E-state index contributed by atoms with van der Waals surface area (Å²) in [6.07, 6.45) is 7.19. The summed E-state index contributed by atoms with van der Waals surface area (Å²) >= 11 is 2.00.